The second-order valence-electron chi connectivity index (χ2n) is 14.6. The van der Waals surface area contributed by atoms with E-state index in [9.17, 15) is 0 Å². The SMILES string of the molecule is c1ccc(N(c2ccccc2)c2cc3c(c4ccccc24)c2c4ccccc4c(N(c4ccccc4)c4ccccc4)cc2n3-c2ccc3ccccc3c2)cc1. The number of anilines is 6. The maximum atomic E-state index is 2.51. The highest BCUT2D eigenvalue weighted by Gasteiger charge is 2.25. The van der Waals surface area contributed by atoms with Crippen molar-refractivity contribution in [2.24, 2.45) is 0 Å². The molecule has 0 N–H and O–H groups in total. The molecule has 0 bridgehead atoms. The quantitative estimate of drug-likeness (QED) is 0.162. The Hall–Kier alpha value is -7.62. The third kappa shape index (κ3) is 5.43. The predicted octanol–water partition coefficient (Wildman–Crippen LogP) is 15.2. The topological polar surface area (TPSA) is 11.4 Å². The van der Waals surface area contributed by atoms with Crippen molar-refractivity contribution in [3.05, 3.63) is 224 Å². The molecular formula is C54H37N3. The molecule has 11 aromatic rings. The zero-order valence-corrected chi connectivity index (χ0v) is 31.2. The Labute approximate surface area is 331 Å². The van der Waals surface area contributed by atoms with E-state index in [1.807, 2.05) is 0 Å². The molecule has 0 fully saturated rings. The van der Waals surface area contributed by atoms with Crippen LogP contribution in [0.15, 0.2) is 224 Å². The highest BCUT2D eigenvalue weighted by molar-refractivity contribution is 6.32. The zero-order chi connectivity index (χ0) is 37.7. The Morgan fingerprint density at radius 3 is 1.05 bits per heavy atom. The molecule has 0 saturated carbocycles. The second-order valence-corrected chi connectivity index (χ2v) is 14.6. The summed E-state index contributed by atoms with van der Waals surface area (Å²) in [6, 6.07) is 81.2. The van der Waals surface area contributed by atoms with E-state index < -0.39 is 0 Å². The van der Waals surface area contributed by atoms with Gasteiger partial charge < -0.3 is 14.4 Å². The van der Waals surface area contributed by atoms with E-state index in [1.165, 1.54) is 43.1 Å². The monoisotopic (exact) mass is 727 g/mol. The van der Waals surface area contributed by atoms with Crippen LogP contribution in [0, 0.1) is 0 Å². The molecule has 1 heterocycles. The number of fused-ring (bicyclic) bond motifs is 8. The zero-order valence-electron chi connectivity index (χ0n) is 31.2. The van der Waals surface area contributed by atoms with Gasteiger partial charge in [-0.15, -0.1) is 0 Å². The molecule has 1 aromatic heterocycles. The van der Waals surface area contributed by atoms with Gasteiger partial charge in [-0.25, -0.2) is 0 Å². The Morgan fingerprint density at radius 2 is 0.632 bits per heavy atom. The van der Waals surface area contributed by atoms with Crippen molar-refractivity contribution in [3.63, 3.8) is 0 Å². The van der Waals surface area contributed by atoms with E-state index in [1.54, 1.807) is 0 Å². The summed E-state index contributed by atoms with van der Waals surface area (Å²) in [5, 5.41) is 9.73. The first-order valence-corrected chi connectivity index (χ1v) is 19.5. The number of aromatic nitrogens is 1. The van der Waals surface area contributed by atoms with E-state index >= 15 is 0 Å². The largest absolute Gasteiger partial charge is 0.310 e. The molecule has 0 aliphatic rings. The molecular weight excluding hydrogens is 691 g/mol. The third-order valence-electron chi connectivity index (χ3n) is 11.3. The number of benzene rings is 10. The highest BCUT2D eigenvalue weighted by Crippen LogP contribution is 2.49. The van der Waals surface area contributed by atoms with Crippen LogP contribution in [0.4, 0.5) is 34.1 Å². The van der Waals surface area contributed by atoms with E-state index in [0.29, 0.717) is 0 Å². The van der Waals surface area contributed by atoms with Crippen LogP contribution in [-0.4, -0.2) is 4.57 Å². The molecule has 0 spiro atoms. The number of rotatable bonds is 7. The predicted molar refractivity (Wildman–Crippen MR) is 243 cm³/mol. The Balaban J connectivity index is 1.33. The number of hydrogen-bond donors (Lipinski definition) is 0. The van der Waals surface area contributed by atoms with Gasteiger partial charge >= 0.3 is 0 Å². The van der Waals surface area contributed by atoms with Crippen LogP contribution >= 0.6 is 0 Å². The van der Waals surface area contributed by atoms with E-state index in [4.69, 9.17) is 0 Å². The lowest BCUT2D eigenvalue weighted by molar-refractivity contribution is 1.18. The van der Waals surface area contributed by atoms with Crippen LogP contribution in [0.1, 0.15) is 0 Å². The number of nitrogens with zero attached hydrogens (tertiary/aromatic N) is 3. The lowest BCUT2D eigenvalue weighted by Crippen LogP contribution is -2.11. The third-order valence-corrected chi connectivity index (χ3v) is 11.3. The smallest absolute Gasteiger partial charge is 0.0568 e. The van der Waals surface area contributed by atoms with Crippen molar-refractivity contribution in [2.45, 2.75) is 0 Å². The Morgan fingerprint density at radius 1 is 0.281 bits per heavy atom. The van der Waals surface area contributed by atoms with Gasteiger partial charge in [-0.1, -0.05) is 152 Å². The molecule has 10 aromatic carbocycles. The highest BCUT2D eigenvalue weighted by atomic mass is 15.2. The van der Waals surface area contributed by atoms with Gasteiger partial charge in [-0.3, -0.25) is 0 Å². The summed E-state index contributed by atoms with van der Waals surface area (Å²) >= 11 is 0. The summed E-state index contributed by atoms with van der Waals surface area (Å²) in [6.07, 6.45) is 0. The summed E-state index contributed by atoms with van der Waals surface area (Å²) in [5.74, 6) is 0. The van der Waals surface area contributed by atoms with Gasteiger partial charge in [0.25, 0.3) is 0 Å². The number of hydrogen-bond acceptors (Lipinski definition) is 2. The first kappa shape index (κ1) is 32.8. The first-order chi connectivity index (χ1) is 28.3. The van der Waals surface area contributed by atoms with Crippen LogP contribution in [0.5, 0.6) is 0 Å². The normalized spacial score (nSPS) is 11.5. The molecule has 3 heteroatoms. The van der Waals surface area contributed by atoms with E-state index in [2.05, 4.69) is 239 Å². The summed E-state index contributed by atoms with van der Waals surface area (Å²) in [7, 11) is 0. The molecule has 11 rings (SSSR count). The molecule has 0 saturated heterocycles. The molecule has 0 amide bonds. The Bertz CT molecular complexity index is 2970. The summed E-state index contributed by atoms with van der Waals surface area (Å²) < 4.78 is 2.51. The fraction of sp³-hybridized carbons (Fsp3) is 0. The van der Waals surface area contributed by atoms with Crippen molar-refractivity contribution >= 4 is 88.2 Å². The van der Waals surface area contributed by atoms with Crippen molar-refractivity contribution < 1.29 is 0 Å². The molecule has 0 aliphatic carbocycles. The average molecular weight is 728 g/mol. The molecule has 0 atom stereocenters. The minimum atomic E-state index is 1.11. The molecule has 0 aliphatic heterocycles. The van der Waals surface area contributed by atoms with Crippen molar-refractivity contribution in [2.75, 3.05) is 9.80 Å². The maximum Gasteiger partial charge on any atom is 0.0568 e. The van der Waals surface area contributed by atoms with Gasteiger partial charge in [0.2, 0.25) is 0 Å². The van der Waals surface area contributed by atoms with E-state index in [-0.39, 0.29) is 0 Å². The van der Waals surface area contributed by atoms with Crippen LogP contribution in [0.2, 0.25) is 0 Å². The number of para-hydroxylation sites is 4. The molecule has 3 nitrogen and oxygen atoms in total. The van der Waals surface area contributed by atoms with Gasteiger partial charge in [0.15, 0.2) is 0 Å². The summed E-state index contributed by atoms with van der Waals surface area (Å²) in [4.78, 5) is 4.81. The minimum absolute atomic E-state index is 1.11. The summed E-state index contributed by atoms with van der Waals surface area (Å²) in [6.45, 7) is 0. The average Bonchev–Trinajstić information content (AvgIpc) is 3.62. The fourth-order valence-electron chi connectivity index (χ4n) is 8.82. The minimum Gasteiger partial charge on any atom is -0.310 e. The van der Waals surface area contributed by atoms with Crippen molar-refractivity contribution in [3.8, 4) is 5.69 Å². The fourth-order valence-corrected chi connectivity index (χ4v) is 8.82. The second kappa shape index (κ2) is 13.6. The van der Waals surface area contributed by atoms with Gasteiger partial charge in [0, 0.05) is 50.0 Å². The van der Waals surface area contributed by atoms with Gasteiger partial charge in [0.1, 0.15) is 0 Å². The van der Waals surface area contributed by atoms with Crippen LogP contribution in [-0.2, 0) is 0 Å². The van der Waals surface area contributed by atoms with Crippen LogP contribution in [0.3, 0.4) is 0 Å². The van der Waals surface area contributed by atoms with Gasteiger partial charge in [-0.05, 0) is 94.3 Å². The lowest BCUT2D eigenvalue weighted by atomic mass is 9.96. The van der Waals surface area contributed by atoms with Crippen LogP contribution in [0.25, 0.3) is 59.8 Å². The molecule has 0 unspecified atom stereocenters. The molecule has 57 heavy (non-hydrogen) atoms. The van der Waals surface area contributed by atoms with Crippen molar-refractivity contribution in [1.82, 2.24) is 4.57 Å². The van der Waals surface area contributed by atoms with Crippen LogP contribution < -0.4 is 9.80 Å². The van der Waals surface area contributed by atoms with Gasteiger partial charge in [-0.2, -0.15) is 0 Å². The van der Waals surface area contributed by atoms with Gasteiger partial charge in [0.05, 0.1) is 22.4 Å². The Kier molecular flexibility index (Phi) is 7.82. The molecule has 268 valence electrons. The standard InChI is InChI=1S/C54H37N3/c1-5-21-40(22-6-1)55(41-23-7-2-8-24-41)49-36-51-53(47-31-17-15-29-45(47)49)54-48-32-18-16-30-46(48)50(56(42-25-9-3-10-26-42)43-27-11-4-12-28-43)37-52(54)57(51)44-34-33-38-19-13-14-20-39(38)35-44/h1-37H. The van der Waals surface area contributed by atoms with Crippen molar-refractivity contribution in [1.29, 1.82) is 0 Å². The summed E-state index contributed by atoms with van der Waals surface area (Å²) in [5.41, 5.74) is 10.1. The first-order valence-electron chi connectivity index (χ1n) is 19.5. The maximum absolute atomic E-state index is 2.51. The van der Waals surface area contributed by atoms with E-state index in [0.717, 1.165) is 50.8 Å². The lowest BCUT2D eigenvalue weighted by Gasteiger charge is -2.27. The molecule has 0 radical (unpaired) electrons.